The van der Waals surface area contributed by atoms with E-state index in [0.29, 0.717) is 6.42 Å². The van der Waals surface area contributed by atoms with E-state index in [9.17, 15) is 12.8 Å². The lowest BCUT2D eigenvalue weighted by molar-refractivity contribution is 0.206. The van der Waals surface area contributed by atoms with Gasteiger partial charge in [-0.2, -0.15) is 8.42 Å². The van der Waals surface area contributed by atoms with Crippen molar-refractivity contribution >= 4 is 10.1 Å². The molecule has 0 amide bonds. The molecular formula is C10H13FO3S. The van der Waals surface area contributed by atoms with Crippen LogP contribution >= 0.6 is 0 Å². The van der Waals surface area contributed by atoms with E-state index in [-0.39, 0.29) is 5.56 Å². The fourth-order valence-corrected chi connectivity index (χ4v) is 1.95. The maximum absolute atomic E-state index is 13.3. The Hall–Kier alpha value is -0.940. The maximum atomic E-state index is 13.3. The van der Waals surface area contributed by atoms with Gasteiger partial charge in [-0.1, -0.05) is 25.1 Å². The molecule has 1 aromatic rings. The number of halogens is 1. The smallest absolute Gasteiger partial charge is 0.262 e. The molecule has 84 valence electrons. The highest BCUT2D eigenvalue weighted by Crippen LogP contribution is 2.24. The van der Waals surface area contributed by atoms with E-state index in [1.807, 2.05) is 0 Å². The molecule has 5 heteroatoms. The number of rotatable bonds is 4. The Morgan fingerprint density at radius 1 is 1.40 bits per heavy atom. The molecule has 0 aliphatic rings. The van der Waals surface area contributed by atoms with Crippen LogP contribution in [0.2, 0.25) is 0 Å². The Kier molecular flexibility index (Phi) is 3.82. The van der Waals surface area contributed by atoms with Crippen LogP contribution < -0.4 is 0 Å². The molecule has 0 N–H and O–H groups in total. The molecule has 0 saturated heterocycles. The first kappa shape index (κ1) is 12.1. The standard InChI is InChI=1S/C10H13FO3S/c1-3-10(14-15(2,12)13)8-6-4-5-7-9(8)11/h4-7,10H,3H2,1-2H3. The van der Waals surface area contributed by atoms with Gasteiger partial charge in [-0.3, -0.25) is 4.18 Å². The SMILES string of the molecule is CCC(OS(C)(=O)=O)c1ccccc1F. The summed E-state index contributed by atoms with van der Waals surface area (Å²) in [4.78, 5) is 0. The summed E-state index contributed by atoms with van der Waals surface area (Å²) in [5.41, 5.74) is 0.269. The van der Waals surface area contributed by atoms with Gasteiger partial charge in [0.25, 0.3) is 10.1 Å². The lowest BCUT2D eigenvalue weighted by Crippen LogP contribution is -2.11. The first-order chi connectivity index (χ1) is 6.94. The minimum atomic E-state index is -3.57. The molecule has 0 aliphatic heterocycles. The third-order valence-corrected chi connectivity index (χ3v) is 2.50. The fraction of sp³-hybridized carbons (Fsp3) is 0.400. The lowest BCUT2D eigenvalue weighted by atomic mass is 10.1. The Bertz CT molecular complexity index is 428. The Balaban J connectivity index is 2.98. The van der Waals surface area contributed by atoms with Gasteiger partial charge < -0.3 is 0 Å². The van der Waals surface area contributed by atoms with Crippen molar-refractivity contribution in [1.29, 1.82) is 0 Å². The third kappa shape index (κ3) is 3.60. The molecule has 15 heavy (non-hydrogen) atoms. The van der Waals surface area contributed by atoms with Crippen molar-refractivity contribution in [3.63, 3.8) is 0 Å². The van der Waals surface area contributed by atoms with Crippen LogP contribution in [-0.4, -0.2) is 14.7 Å². The van der Waals surface area contributed by atoms with E-state index >= 15 is 0 Å². The fourth-order valence-electron chi connectivity index (χ4n) is 1.29. The van der Waals surface area contributed by atoms with Gasteiger partial charge in [0.2, 0.25) is 0 Å². The van der Waals surface area contributed by atoms with Crippen LogP contribution in [0.5, 0.6) is 0 Å². The molecule has 1 rings (SSSR count). The summed E-state index contributed by atoms with van der Waals surface area (Å²) in [5.74, 6) is -0.451. The molecular weight excluding hydrogens is 219 g/mol. The summed E-state index contributed by atoms with van der Waals surface area (Å²) in [7, 11) is -3.57. The number of hydrogen-bond acceptors (Lipinski definition) is 3. The molecule has 0 spiro atoms. The van der Waals surface area contributed by atoms with Gasteiger partial charge in [0.1, 0.15) is 11.9 Å². The van der Waals surface area contributed by atoms with E-state index < -0.39 is 22.0 Å². The molecule has 3 nitrogen and oxygen atoms in total. The van der Waals surface area contributed by atoms with Crippen molar-refractivity contribution < 1.29 is 17.0 Å². The van der Waals surface area contributed by atoms with Crippen LogP contribution in [0, 0.1) is 5.82 Å². The summed E-state index contributed by atoms with van der Waals surface area (Å²) in [5, 5.41) is 0. The predicted octanol–water partition coefficient (Wildman–Crippen LogP) is 2.25. The second-order valence-electron chi connectivity index (χ2n) is 3.22. The molecule has 1 unspecified atom stereocenters. The predicted molar refractivity (Wildman–Crippen MR) is 55.4 cm³/mol. The summed E-state index contributed by atoms with van der Waals surface area (Å²) in [6.45, 7) is 1.74. The average molecular weight is 232 g/mol. The van der Waals surface area contributed by atoms with Crippen LogP contribution in [0.15, 0.2) is 24.3 Å². The third-order valence-electron chi connectivity index (χ3n) is 1.91. The van der Waals surface area contributed by atoms with E-state index in [1.165, 1.54) is 12.1 Å². The van der Waals surface area contributed by atoms with Crippen molar-refractivity contribution in [2.75, 3.05) is 6.26 Å². The largest absolute Gasteiger partial charge is 0.264 e. The molecule has 1 atom stereocenters. The Labute approximate surface area is 89.0 Å². The van der Waals surface area contributed by atoms with Crippen LogP contribution in [0.25, 0.3) is 0 Å². The van der Waals surface area contributed by atoms with Crippen molar-refractivity contribution in [1.82, 2.24) is 0 Å². The van der Waals surface area contributed by atoms with Gasteiger partial charge in [-0.25, -0.2) is 4.39 Å². The van der Waals surface area contributed by atoms with Gasteiger partial charge in [-0.15, -0.1) is 0 Å². The molecule has 0 aromatic heterocycles. The molecule has 1 aromatic carbocycles. The minimum Gasteiger partial charge on any atom is -0.262 e. The van der Waals surface area contributed by atoms with Crippen molar-refractivity contribution in [3.8, 4) is 0 Å². The van der Waals surface area contributed by atoms with Gasteiger partial charge in [0.15, 0.2) is 0 Å². The zero-order valence-electron chi connectivity index (χ0n) is 8.60. The van der Waals surface area contributed by atoms with E-state index in [2.05, 4.69) is 0 Å². The summed E-state index contributed by atoms with van der Waals surface area (Å²) in [6, 6.07) is 6.00. The van der Waals surface area contributed by atoms with Crippen molar-refractivity contribution in [2.24, 2.45) is 0 Å². The zero-order chi connectivity index (χ0) is 11.5. The Morgan fingerprint density at radius 2 is 2.00 bits per heavy atom. The first-order valence-corrected chi connectivity index (χ1v) is 6.38. The summed E-state index contributed by atoms with van der Waals surface area (Å²) in [6.07, 6.45) is 0.603. The monoisotopic (exact) mass is 232 g/mol. The van der Waals surface area contributed by atoms with Crippen LogP contribution in [0.4, 0.5) is 4.39 Å². The maximum Gasteiger partial charge on any atom is 0.264 e. The van der Waals surface area contributed by atoms with Gasteiger partial charge in [0.05, 0.1) is 6.26 Å². The topological polar surface area (TPSA) is 43.4 Å². The highest BCUT2D eigenvalue weighted by Gasteiger charge is 2.18. The molecule has 0 aliphatic carbocycles. The Morgan fingerprint density at radius 3 is 2.47 bits per heavy atom. The molecule has 0 heterocycles. The van der Waals surface area contributed by atoms with E-state index in [0.717, 1.165) is 6.26 Å². The normalized spacial score (nSPS) is 13.8. The first-order valence-electron chi connectivity index (χ1n) is 4.56. The van der Waals surface area contributed by atoms with Crippen molar-refractivity contribution in [2.45, 2.75) is 19.4 Å². The van der Waals surface area contributed by atoms with Crippen molar-refractivity contribution in [3.05, 3.63) is 35.6 Å². The number of hydrogen-bond donors (Lipinski definition) is 0. The van der Waals surface area contributed by atoms with E-state index in [1.54, 1.807) is 19.1 Å². The molecule has 0 saturated carbocycles. The van der Waals surface area contributed by atoms with Gasteiger partial charge in [0, 0.05) is 5.56 Å². The van der Waals surface area contributed by atoms with Crippen LogP contribution in [-0.2, 0) is 14.3 Å². The highest BCUT2D eigenvalue weighted by atomic mass is 32.2. The zero-order valence-corrected chi connectivity index (χ0v) is 9.42. The quantitative estimate of drug-likeness (QED) is 0.748. The second-order valence-corrected chi connectivity index (χ2v) is 4.82. The van der Waals surface area contributed by atoms with Gasteiger partial charge in [-0.05, 0) is 12.5 Å². The van der Waals surface area contributed by atoms with E-state index in [4.69, 9.17) is 4.18 Å². The summed E-state index contributed by atoms with van der Waals surface area (Å²) < 4.78 is 40.0. The molecule has 0 bridgehead atoms. The average Bonchev–Trinajstić information content (AvgIpc) is 2.14. The molecule has 0 fully saturated rings. The summed E-state index contributed by atoms with van der Waals surface area (Å²) >= 11 is 0. The minimum absolute atomic E-state index is 0.269. The lowest BCUT2D eigenvalue weighted by Gasteiger charge is -2.14. The number of benzene rings is 1. The highest BCUT2D eigenvalue weighted by molar-refractivity contribution is 7.86. The van der Waals surface area contributed by atoms with Crippen LogP contribution in [0.1, 0.15) is 25.0 Å². The van der Waals surface area contributed by atoms with Gasteiger partial charge >= 0.3 is 0 Å². The van der Waals surface area contributed by atoms with Crippen LogP contribution in [0.3, 0.4) is 0 Å². The second kappa shape index (κ2) is 4.72. The molecule has 0 radical (unpaired) electrons.